The Labute approximate surface area is 92.4 Å². The average molecular weight is 213 g/mol. The molecule has 3 nitrogen and oxygen atoms in total. The molecule has 1 rings (SSSR count). The standard InChI is InChI=1S/C12H23NO2/c1-3-7-10(2)15-11(14)12(13)8-5-4-6-9-12/h10H,3-9,13H2,1-2H3. The van der Waals surface area contributed by atoms with Gasteiger partial charge in [-0.1, -0.05) is 32.6 Å². The first-order valence-electron chi connectivity index (χ1n) is 6.08. The summed E-state index contributed by atoms with van der Waals surface area (Å²) in [5, 5.41) is 0. The quantitative estimate of drug-likeness (QED) is 0.729. The van der Waals surface area contributed by atoms with Crippen molar-refractivity contribution < 1.29 is 9.53 Å². The Morgan fingerprint density at radius 1 is 1.40 bits per heavy atom. The molecular formula is C12H23NO2. The van der Waals surface area contributed by atoms with Crippen LogP contribution in [0.1, 0.15) is 58.8 Å². The average Bonchev–Trinajstić information content (AvgIpc) is 2.19. The predicted molar refractivity (Wildman–Crippen MR) is 60.5 cm³/mol. The van der Waals surface area contributed by atoms with Crippen LogP contribution >= 0.6 is 0 Å². The molecule has 0 aromatic heterocycles. The van der Waals surface area contributed by atoms with Crippen LogP contribution in [0.5, 0.6) is 0 Å². The second-order valence-corrected chi connectivity index (χ2v) is 4.72. The lowest BCUT2D eigenvalue weighted by Crippen LogP contribution is -2.51. The number of hydrogen-bond donors (Lipinski definition) is 1. The number of nitrogens with two attached hydrogens (primary N) is 1. The van der Waals surface area contributed by atoms with Gasteiger partial charge in [-0.3, -0.25) is 4.79 Å². The number of hydrogen-bond acceptors (Lipinski definition) is 3. The maximum absolute atomic E-state index is 11.9. The molecule has 1 aliphatic rings. The van der Waals surface area contributed by atoms with Crippen LogP contribution in [0.2, 0.25) is 0 Å². The van der Waals surface area contributed by atoms with E-state index in [9.17, 15) is 4.79 Å². The van der Waals surface area contributed by atoms with E-state index >= 15 is 0 Å². The first-order valence-corrected chi connectivity index (χ1v) is 6.08. The Morgan fingerprint density at radius 2 is 2.00 bits per heavy atom. The third-order valence-corrected chi connectivity index (χ3v) is 3.16. The monoisotopic (exact) mass is 213 g/mol. The summed E-state index contributed by atoms with van der Waals surface area (Å²) in [6.45, 7) is 4.02. The van der Waals surface area contributed by atoms with E-state index in [1.807, 2.05) is 6.92 Å². The van der Waals surface area contributed by atoms with Crippen molar-refractivity contribution in [2.75, 3.05) is 0 Å². The van der Waals surface area contributed by atoms with Gasteiger partial charge >= 0.3 is 5.97 Å². The molecule has 3 heteroatoms. The second kappa shape index (κ2) is 5.50. The van der Waals surface area contributed by atoms with Crippen LogP contribution in [-0.2, 0) is 9.53 Å². The van der Waals surface area contributed by atoms with Gasteiger partial charge in [-0.25, -0.2) is 0 Å². The number of carbonyl (C=O) groups excluding carboxylic acids is 1. The molecule has 0 aromatic rings. The number of ether oxygens (including phenoxy) is 1. The van der Waals surface area contributed by atoms with Gasteiger partial charge in [-0.15, -0.1) is 0 Å². The summed E-state index contributed by atoms with van der Waals surface area (Å²) in [7, 11) is 0. The molecule has 1 atom stereocenters. The van der Waals surface area contributed by atoms with Crippen LogP contribution in [0.3, 0.4) is 0 Å². The van der Waals surface area contributed by atoms with Gasteiger partial charge in [0.15, 0.2) is 0 Å². The lowest BCUT2D eigenvalue weighted by molar-refractivity contribution is -0.156. The Balaban J connectivity index is 2.44. The third-order valence-electron chi connectivity index (χ3n) is 3.16. The topological polar surface area (TPSA) is 52.3 Å². The fraction of sp³-hybridized carbons (Fsp3) is 0.917. The van der Waals surface area contributed by atoms with Crippen molar-refractivity contribution in [2.45, 2.75) is 70.4 Å². The highest BCUT2D eigenvalue weighted by Gasteiger charge is 2.37. The van der Waals surface area contributed by atoms with Crippen LogP contribution in [0.15, 0.2) is 0 Å². The molecule has 0 amide bonds. The third kappa shape index (κ3) is 3.49. The molecular weight excluding hydrogens is 190 g/mol. The van der Waals surface area contributed by atoms with Crippen LogP contribution < -0.4 is 5.73 Å². The van der Waals surface area contributed by atoms with Crippen molar-refractivity contribution in [1.29, 1.82) is 0 Å². The summed E-state index contributed by atoms with van der Waals surface area (Å²) in [5.41, 5.74) is 5.38. The number of carbonyl (C=O) groups is 1. The van der Waals surface area contributed by atoms with E-state index < -0.39 is 5.54 Å². The summed E-state index contributed by atoms with van der Waals surface area (Å²) in [4.78, 5) is 11.9. The molecule has 0 saturated heterocycles. The highest BCUT2D eigenvalue weighted by atomic mass is 16.5. The molecule has 0 aromatic carbocycles. The Kier molecular flexibility index (Phi) is 4.58. The van der Waals surface area contributed by atoms with Gasteiger partial charge in [0.25, 0.3) is 0 Å². The molecule has 1 aliphatic carbocycles. The van der Waals surface area contributed by atoms with E-state index in [1.54, 1.807) is 0 Å². The highest BCUT2D eigenvalue weighted by molar-refractivity contribution is 5.80. The number of rotatable bonds is 4. The number of esters is 1. The Bertz CT molecular complexity index is 210. The zero-order valence-electron chi connectivity index (χ0n) is 9.92. The van der Waals surface area contributed by atoms with Gasteiger partial charge < -0.3 is 10.5 Å². The van der Waals surface area contributed by atoms with Crippen molar-refractivity contribution in [3.8, 4) is 0 Å². The largest absolute Gasteiger partial charge is 0.461 e. The van der Waals surface area contributed by atoms with Crippen molar-refractivity contribution in [1.82, 2.24) is 0 Å². The van der Waals surface area contributed by atoms with Crippen molar-refractivity contribution >= 4 is 5.97 Å². The van der Waals surface area contributed by atoms with Gasteiger partial charge in [-0.2, -0.15) is 0 Å². The smallest absolute Gasteiger partial charge is 0.326 e. The molecule has 0 spiro atoms. The zero-order chi connectivity index (χ0) is 11.3. The van der Waals surface area contributed by atoms with Gasteiger partial charge in [0, 0.05) is 0 Å². The van der Waals surface area contributed by atoms with Crippen LogP contribution in [0.25, 0.3) is 0 Å². The molecule has 0 radical (unpaired) electrons. The lowest BCUT2D eigenvalue weighted by atomic mass is 9.82. The van der Waals surface area contributed by atoms with Gasteiger partial charge in [0.05, 0.1) is 6.10 Å². The van der Waals surface area contributed by atoms with Crippen LogP contribution in [-0.4, -0.2) is 17.6 Å². The van der Waals surface area contributed by atoms with E-state index in [2.05, 4.69) is 6.92 Å². The van der Waals surface area contributed by atoms with Crippen molar-refractivity contribution in [3.63, 3.8) is 0 Å². The summed E-state index contributed by atoms with van der Waals surface area (Å²) in [5.74, 6) is -0.192. The summed E-state index contributed by atoms with van der Waals surface area (Å²) >= 11 is 0. The highest BCUT2D eigenvalue weighted by Crippen LogP contribution is 2.27. The normalized spacial score (nSPS) is 22.1. The van der Waals surface area contributed by atoms with E-state index in [-0.39, 0.29) is 12.1 Å². The molecule has 0 bridgehead atoms. The molecule has 0 heterocycles. The molecule has 15 heavy (non-hydrogen) atoms. The fourth-order valence-electron chi connectivity index (χ4n) is 2.15. The first kappa shape index (κ1) is 12.5. The summed E-state index contributed by atoms with van der Waals surface area (Å²) in [6, 6.07) is 0. The first-order chi connectivity index (χ1) is 7.08. The lowest BCUT2D eigenvalue weighted by Gasteiger charge is -2.31. The molecule has 1 saturated carbocycles. The summed E-state index contributed by atoms with van der Waals surface area (Å²) < 4.78 is 5.37. The minimum Gasteiger partial charge on any atom is -0.461 e. The van der Waals surface area contributed by atoms with E-state index in [0.717, 1.165) is 38.5 Å². The second-order valence-electron chi connectivity index (χ2n) is 4.72. The predicted octanol–water partition coefficient (Wildman–Crippen LogP) is 2.38. The van der Waals surface area contributed by atoms with Crippen LogP contribution in [0.4, 0.5) is 0 Å². The minimum absolute atomic E-state index is 0.00449. The van der Waals surface area contributed by atoms with Crippen molar-refractivity contribution in [3.05, 3.63) is 0 Å². The fourth-order valence-corrected chi connectivity index (χ4v) is 2.15. The zero-order valence-corrected chi connectivity index (χ0v) is 9.92. The minimum atomic E-state index is -0.694. The molecule has 1 fully saturated rings. The summed E-state index contributed by atoms with van der Waals surface area (Å²) in [6.07, 6.45) is 6.81. The van der Waals surface area contributed by atoms with E-state index in [1.165, 1.54) is 6.42 Å². The molecule has 1 unspecified atom stereocenters. The molecule has 2 N–H and O–H groups in total. The van der Waals surface area contributed by atoms with E-state index in [0.29, 0.717) is 0 Å². The van der Waals surface area contributed by atoms with Gasteiger partial charge in [-0.05, 0) is 26.2 Å². The molecule has 88 valence electrons. The van der Waals surface area contributed by atoms with Crippen LogP contribution in [0, 0.1) is 0 Å². The van der Waals surface area contributed by atoms with Gasteiger partial charge in [0.1, 0.15) is 5.54 Å². The van der Waals surface area contributed by atoms with Crippen molar-refractivity contribution in [2.24, 2.45) is 5.73 Å². The molecule has 0 aliphatic heterocycles. The Morgan fingerprint density at radius 3 is 2.53 bits per heavy atom. The SMILES string of the molecule is CCCC(C)OC(=O)C1(N)CCCCC1. The van der Waals surface area contributed by atoms with Gasteiger partial charge in [0.2, 0.25) is 0 Å². The van der Waals surface area contributed by atoms with E-state index in [4.69, 9.17) is 10.5 Å². The maximum atomic E-state index is 11.9. The maximum Gasteiger partial charge on any atom is 0.326 e. The Hall–Kier alpha value is -0.570.